The standard InChI is InChI=1S/C17H16N8O2/c18-14-10(16-22-24-25-23-16)6-9-13(26)12-11(27-17(9)21-14)7-19-15(20-12)8-4-2-1-3-5-8/h6-8H,1-5H2,(H2,18,21)(H,22,23,24,25). The van der Waals surface area contributed by atoms with E-state index in [1.54, 1.807) is 12.3 Å². The molecule has 1 aliphatic carbocycles. The Balaban J connectivity index is 1.71. The van der Waals surface area contributed by atoms with Crippen LogP contribution < -0.4 is 11.2 Å². The van der Waals surface area contributed by atoms with E-state index < -0.39 is 0 Å². The fourth-order valence-electron chi connectivity index (χ4n) is 3.62. The Labute approximate surface area is 152 Å². The summed E-state index contributed by atoms with van der Waals surface area (Å²) in [5, 5.41) is 13.9. The second kappa shape index (κ2) is 6.08. The van der Waals surface area contributed by atoms with E-state index in [1.165, 1.54) is 6.42 Å². The molecule has 0 atom stereocenters. The maximum Gasteiger partial charge on any atom is 0.232 e. The van der Waals surface area contributed by atoms with Crippen molar-refractivity contribution in [3.05, 3.63) is 28.3 Å². The Morgan fingerprint density at radius 1 is 1.19 bits per heavy atom. The van der Waals surface area contributed by atoms with Crippen molar-refractivity contribution >= 4 is 28.0 Å². The van der Waals surface area contributed by atoms with Gasteiger partial charge in [0, 0.05) is 5.92 Å². The number of nitrogens with zero attached hydrogens (tertiary/aromatic N) is 6. The molecule has 1 fully saturated rings. The van der Waals surface area contributed by atoms with Gasteiger partial charge in [-0.25, -0.2) is 9.97 Å². The summed E-state index contributed by atoms with van der Waals surface area (Å²) in [6, 6.07) is 1.57. The number of nitrogens with two attached hydrogens (primary N) is 1. The predicted octanol–water partition coefficient (Wildman–Crippen LogP) is 1.94. The van der Waals surface area contributed by atoms with Gasteiger partial charge in [-0.3, -0.25) is 4.79 Å². The highest BCUT2D eigenvalue weighted by Gasteiger charge is 2.21. The third-order valence-electron chi connectivity index (χ3n) is 5.01. The molecule has 0 radical (unpaired) electrons. The van der Waals surface area contributed by atoms with Crippen LogP contribution in [0.1, 0.15) is 43.8 Å². The van der Waals surface area contributed by atoms with Gasteiger partial charge in [-0.15, -0.1) is 10.2 Å². The maximum atomic E-state index is 13.1. The Bertz CT molecular complexity index is 1200. The molecule has 5 rings (SSSR count). The molecule has 27 heavy (non-hydrogen) atoms. The number of aromatic nitrogens is 7. The number of tetrazole rings is 1. The fraction of sp³-hybridized carbons (Fsp3) is 0.353. The van der Waals surface area contributed by atoms with E-state index in [-0.39, 0.29) is 39.6 Å². The summed E-state index contributed by atoms with van der Waals surface area (Å²) in [5.74, 6) is 1.39. The molecule has 0 spiro atoms. The summed E-state index contributed by atoms with van der Waals surface area (Å²) in [4.78, 5) is 26.2. The molecule has 4 heterocycles. The van der Waals surface area contributed by atoms with Crippen molar-refractivity contribution in [2.24, 2.45) is 0 Å². The summed E-state index contributed by atoms with van der Waals surface area (Å²) in [6.07, 6.45) is 7.21. The zero-order valence-electron chi connectivity index (χ0n) is 14.3. The smallest absolute Gasteiger partial charge is 0.232 e. The topological polar surface area (TPSA) is 149 Å². The van der Waals surface area contributed by atoms with E-state index in [0.29, 0.717) is 17.0 Å². The SMILES string of the molecule is Nc1nc2oc3cnc(C4CCCCC4)nc3c(=O)c2cc1-c1nn[nH]n1. The third kappa shape index (κ3) is 2.60. The van der Waals surface area contributed by atoms with Crippen molar-refractivity contribution in [3.63, 3.8) is 0 Å². The van der Waals surface area contributed by atoms with Crippen LogP contribution in [0.4, 0.5) is 5.82 Å². The van der Waals surface area contributed by atoms with Gasteiger partial charge in [0.2, 0.25) is 17.0 Å². The number of aromatic amines is 1. The lowest BCUT2D eigenvalue weighted by Gasteiger charge is -2.19. The number of pyridine rings is 1. The summed E-state index contributed by atoms with van der Waals surface area (Å²) >= 11 is 0. The fourth-order valence-corrected chi connectivity index (χ4v) is 3.62. The predicted molar refractivity (Wildman–Crippen MR) is 96.8 cm³/mol. The van der Waals surface area contributed by atoms with Crippen molar-refractivity contribution in [3.8, 4) is 11.4 Å². The van der Waals surface area contributed by atoms with E-state index in [0.717, 1.165) is 25.7 Å². The molecular weight excluding hydrogens is 348 g/mol. The molecule has 4 aromatic heterocycles. The van der Waals surface area contributed by atoms with Crippen molar-refractivity contribution in [1.82, 2.24) is 35.6 Å². The molecule has 0 aromatic carbocycles. The molecule has 3 N–H and O–H groups in total. The molecule has 0 saturated heterocycles. The molecule has 136 valence electrons. The van der Waals surface area contributed by atoms with Gasteiger partial charge in [-0.2, -0.15) is 10.2 Å². The number of hydrogen-bond donors (Lipinski definition) is 2. The first-order chi connectivity index (χ1) is 13.2. The number of fused-ring (bicyclic) bond motifs is 2. The first-order valence-corrected chi connectivity index (χ1v) is 8.84. The number of rotatable bonds is 2. The average molecular weight is 364 g/mol. The summed E-state index contributed by atoms with van der Waals surface area (Å²) in [6.45, 7) is 0. The molecule has 10 heteroatoms. The van der Waals surface area contributed by atoms with Gasteiger partial charge < -0.3 is 10.2 Å². The molecule has 4 aromatic rings. The van der Waals surface area contributed by atoms with Gasteiger partial charge in [0.15, 0.2) is 11.1 Å². The van der Waals surface area contributed by atoms with E-state index in [4.69, 9.17) is 10.2 Å². The van der Waals surface area contributed by atoms with Gasteiger partial charge in [0.05, 0.1) is 17.1 Å². The van der Waals surface area contributed by atoms with E-state index >= 15 is 0 Å². The molecule has 1 saturated carbocycles. The lowest BCUT2D eigenvalue weighted by molar-refractivity contribution is 0.429. The van der Waals surface area contributed by atoms with Gasteiger partial charge in [-0.05, 0) is 24.1 Å². The largest absolute Gasteiger partial charge is 0.434 e. The van der Waals surface area contributed by atoms with Crippen LogP contribution in [-0.4, -0.2) is 35.6 Å². The number of H-pyrrole nitrogens is 1. The molecule has 0 bridgehead atoms. The van der Waals surface area contributed by atoms with Gasteiger partial charge in [0.25, 0.3) is 0 Å². The van der Waals surface area contributed by atoms with Crippen LogP contribution in [0.5, 0.6) is 0 Å². The van der Waals surface area contributed by atoms with Crippen molar-refractivity contribution in [1.29, 1.82) is 0 Å². The quantitative estimate of drug-likeness (QED) is 0.509. The molecule has 0 aliphatic heterocycles. The van der Waals surface area contributed by atoms with Gasteiger partial charge >= 0.3 is 0 Å². The lowest BCUT2D eigenvalue weighted by Crippen LogP contribution is -2.12. The van der Waals surface area contributed by atoms with Crippen LogP contribution in [0.3, 0.4) is 0 Å². The van der Waals surface area contributed by atoms with Crippen molar-refractivity contribution < 1.29 is 4.42 Å². The lowest BCUT2D eigenvalue weighted by atomic mass is 9.89. The van der Waals surface area contributed by atoms with Crippen molar-refractivity contribution in [2.75, 3.05) is 5.73 Å². The second-order valence-corrected chi connectivity index (χ2v) is 6.72. The molecule has 0 unspecified atom stereocenters. The molecular formula is C17H16N8O2. The Morgan fingerprint density at radius 3 is 2.81 bits per heavy atom. The highest BCUT2D eigenvalue weighted by atomic mass is 16.3. The molecule has 0 amide bonds. The summed E-state index contributed by atoms with van der Waals surface area (Å²) in [7, 11) is 0. The van der Waals surface area contributed by atoms with Crippen LogP contribution in [0.15, 0.2) is 21.5 Å². The third-order valence-corrected chi connectivity index (χ3v) is 5.01. The first-order valence-electron chi connectivity index (χ1n) is 8.84. The van der Waals surface area contributed by atoms with E-state index in [2.05, 4.69) is 35.6 Å². The van der Waals surface area contributed by atoms with Gasteiger partial charge in [-0.1, -0.05) is 19.3 Å². The summed E-state index contributed by atoms with van der Waals surface area (Å²) < 4.78 is 5.74. The summed E-state index contributed by atoms with van der Waals surface area (Å²) in [5.41, 5.74) is 6.78. The normalized spacial score (nSPS) is 15.6. The number of hydrogen-bond acceptors (Lipinski definition) is 9. The Morgan fingerprint density at radius 2 is 2.04 bits per heavy atom. The minimum atomic E-state index is -0.275. The number of anilines is 1. The minimum Gasteiger partial charge on any atom is -0.434 e. The van der Waals surface area contributed by atoms with Crippen LogP contribution >= 0.6 is 0 Å². The molecule has 10 nitrogen and oxygen atoms in total. The zero-order valence-corrected chi connectivity index (χ0v) is 14.3. The Hall–Kier alpha value is -3.43. The molecule has 1 aliphatic rings. The highest BCUT2D eigenvalue weighted by molar-refractivity contribution is 5.89. The first kappa shape index (κ1) is 15.8. The number of nitrogen functional groups attached to an aromatic ring is 1. The Kier molecular flexibility index (Phi) is 3.56. The van der Waals surface area contributed by atoms with Crippen LogP contribution in [0.2, 0.25) is 0 Å². The van der Waals surface area contributed by atoms with Crippen LogP contribution in [-0.2, 0) is 0 Å². The van der Waals surface area contributed by atoms with Gasteiger partial charge in [0.1, 0.15) is 11.6 Å². The van der Waals surface area contributed by atoms with Crippen molar-refractivity contribution in [2.45, 2.75) is 38.0 Å². The monoisotopic (exact) mass is 364 g/mol. The van der Waals surface area contributed by atoms with Crippen LogP contribution in [0, 0.1) is 0 Å². The maximum absolute atomic E-state index is 13.1. The van der Waals surface area contributed by atoms with E-state index in [1.807, 2.05) is 0 Å². The van der Waals surface area contributed by atoms with E-state index in [9.17, 15) is 4.79 Å². The highest BCUT2D eigenvalue weighted by Crippen LogP contribution is 2.31. The zero-order chi connectivity index (χ0) is 18.4. The second-order valence-electron chi connectivity index (χ2n) is 6.72. The van der Waals surface area contributed by atoms with Crippen LogP contribution in [0.25, 0.3) is 33.6 Å². The number of nitrogens with one attached hydrogen (secondary N) is 1. The average Bonchev–Trinajstić information content (AvgIpc) is 3.23. The minimum absolute atomic E-state index is 0.131.